The second-order valence-electron chi connectivity index (χ2n) is 6.67. The molecule has 144 valence electrons. The SMILES string of the molecule is COc1cc2c(cc1OC)CN(C(=O)CSc1ccc3ccccc3n1)CC2. The number of hydrogen-bond acceptors (Lipinski definition) is 5. The predicted octanol–water partition coefficient (Wildman–Crippen LogP) is 3.93. The van der Waals surface area contributed by atoms with Crippen molar-refractivity contribution >= 4 is 28.6 Å². The number of fused-ring (bicyclic) bond motifs is 2. The van der Waals surface area contributed by atoms with Gasteiger partial charge in [0.15, 0.2) is 11.5 Å². The monoisotopic (exact) mass is 394 g/mol. The largest absolute Gasteiger partial charge is 0.493 e. The summed E-state index contributed by atoms with van der Waals surface area (Å²) in [5.74, 6) is 1.94. The van der Waals surface area contributed by atoms with Crippen LogP contribution in [0.2, 0.25) is 0 Å². The van der Waals surface area contributed by atoms with E-state index in [-0.39, 0.29) is 5.91 Å². The van der Waals surface area contributed by atoms with E-state index in [9.17, 15) is 4.79 Å². The van der Waals surface area contributed by atoms with E-state index < -0.39 is 0 Å². The van der Waals surface area contributed by atoms with Crippen LogP contribution in [0.25, 0.3) is 10.9 Å². The molecule has 0 atom stereocenters. The summed E-state index contributed by atoms with van der Waals surface area (Å²) in [6.45, 7) is 1.31. The van der Waals surface area contributed by atoms with Crippen molar-refractivity contribution < 1.29 is 14.3 Å². The fourth-order valence-corrected chi connectivity index (χ4v) is 4.23. The van der Waals surface area contributed by atoms with Gasteiger partial charge in [0.2, 0.25) is 5.91 Å². The number of nitrogens with zero attached hydrogens (tertiary/aromatic N) is 2. The number of carbonyl (C=O) groups excluding carboxylic acids is 1. The number of hydrogen-bond donors (Lipinski definition) is 0. The number of benzene rings is 2. The van der Waals surface area contributed by atoms with Gasteiger partial charge in [-0.05, 0) is 41.8 Å². The molecule has 0 aliphatic carbocycles. The highest BCUT2D eigenvalue weighted by molar-refractivity contribution is 7.99. The van der Waals surface area contributed by atoms with Gasteiger partial charge in [-0.2, -0.15) is 0 Å². The maximum atomic E-state index is 12.7. The van der Waals surface area contributed by atoms with Crippen molar-refractivity contribution in [3.8, 4) is 11.5 Å². The molecule has 2 aromatic carbocycles. The van der Waals surface area contributed by atoms with Crippen LogP contribution in [-0.4, -0.2) is 42.3 Å². The Morgan fingerprint density at radius 1 is 1.07 bits per heavy atom. The topological polar surface area (TPSA) is 51.7 Å². The van der Waals surface area contributed by atoms with Crippen LogP contribution in [0, 0.1) is 0 Å². The molecule has 6 heteroatoms. The Labute approximate surface area is 168 Å². The van der Waals surface area contributed by atoms with Crippen LogP contribution in [0.1, 0.15) is 11.1 Å². The van der Waals surface area contributed by atoms with Gasteiger partial charge < -0.3 is 14.4 Å². The Balaban J connectivity index is 1.43. The zero-order chi connectivity index (χ0) is 19.5. The number of rotatable bonds is 5. The van der Waals surface area contributed by atoms with E-state index >= 15 is 0 Å². The van der Waals surface area contributed by atoms with E-state index in [1.807, 2.05) is 53.4 Å². The second-order valence-corrected chi connectivity index (χ2v) is 7.67. The molecule has 0 radical (unpaired) electrons. The summed E-state index contributed by atoms with van der Waals surface area (Å²) in [7, 11) is 3.27. The summed E-state index contributed by atoms with van der Waals surface area (Å²) in [6, 6.07) is 16.0. The Morgan fingerprint density at radius 3 is 2.61 bits per heavy atom. The molecule has 1 aliphatic heterocycles. The average molecular weight is 394 g/mol. The van der Waals surface area contributed by atoms with Crippen molar-refractivity contribution in [2.24, 2.45) is 0 Å². The first-order chi connectivity index (χ1) is 13.7. The molecule has 5 nitrogen and oxygen atoms in total. The third-order valence-corrected chi connectivity index (χ3v) is 5.90. The first-order valence-electron chi connectivity index (χ1n) is 9.18. The van der Waals surface area contributed by atoms with Crippen LogP contribution in [0.5, 0.6) is 11.5 Å². The molecule has 0 fully saturated rings. The number of para-hydroxylation sites is 1. The van der Waals surface area contributed by atoms with E-state index in [1.54, 1.807) is 14.2 Å². The van der Waals surface area contributed by atoms with Crippen LogP contribution < -0.4 is 9.47 Å². The third kappa shape index (κ3) is 3.78. The summed E-state index contributed by atoms with van der Waals surface area (Å²) in [5, 5.41) is 1.98. The van der Waals surface area contributed by atoms with Crippen LogP contribution in [0.15, 0.2) is 53.6 Å². The van der Waals surface area contributed by atoms with Crippen LogP contribution in [0.3, 0.4) is 0 Å². The standard InChI is InChI=1S/C22H22N2O3S/c1-26-19-11-16-9-10-24(13-17(16)12-20(19)27-2)22(25)14-28-21-8-7-15-5-3-4-6-18(15)23-21/h3-8,11-12H,9-10,13-14H2,1-2H3. The highest BCUT2D eigenvalue weighted by atomic mass is 32.2. The Bertz CT molecular complexity index is 1020. The Morgan fingerprint density at radius 2 is 1.82 bits per heavy atom. The lowest BCUT2D eigenvalue weighted by atomic mass is 9.99. The molecule has 0 saturated heterocycles. The molecular formula is C22H22N2O3S. The second kappa shape index (κ2) is 8.10. The minimum absolute atomic E-state index is 0.125. The van der Waals surface area contributed by atoms with Crippen molar-refractivity contribution in [1.82, 2.24) is 9.88 Å². The number of amides is 1. The summed E-state index contributed by atoms with van der Waals surface area (Å²) in [4.78, 5) is 19.3. The summed E-state index contributed by atoms with van der Waals surface area (Å²) < 4.78 is 10.8. The van der Waals surface area contributed by atoms with Crippen LogP contribution in [0.4, 0.5) is 0 Å². The maximum absolute atomic E-state index is 12.7. The van der Waals surface area contributed by atoms with E-state index in [4.69, 9.17) is 9.47 Å². The normalized spacial score (nSPS) is 13.3. The molecule has 0 bridgehead atoms. The highest BCUT2D eigenvalue weighted by Crippen LogP contribution is 2.33. The first-order valence-corrected chi connectivity index (χ1v) is 10.2. The van der Waals surface area contributed by atoms with Gasteiger partial charge in [-0.3, -0.25) is 4.79 Å². The predicted molar refractivity (Wildman–Crippen MR) is 111 cm³/mol. The van der Waals surface area contributed by atoms with Crippen molar-refractivity contribution in [3.05, 3.63) is 59.7 Å². The third-order valence-electron chi connectivity index (χ3n) is 4.99. The number of aromatic nitrogens is 1. The van der Waals surface area contributed by atoms with E-state index in [2.05, 4.69) is 4.98 Å². The summed E-state index contributed by atoms with van der Waals surface area (Å²) >= 11 is 1.49. The molecule has 4 rings (SSSR count). The number of methoxy groups -OCH3 is 2. The maximum Gasteiger partial charge on any atom is 0.233 e. The number of carbonyl (C=O) groups is 1. The lowest BCUT2D eigenvalue weighted by molar-refractivity contribution is -0.129. The van der Waals surface area contributed by atoms with Gasteiger partial charge in [0.25, 0.3) is 0 Å². The van der Waals surface area contributed by atoms with Crippen molar-refractivity contribution in [2.45, 2.75) is 18.0 Å². The van der Waals surface area contributed by atoms with Gasteiger partial charge in [0.05, 0.1) is 30.5 Å². The lowest BCUT2D eigenvalue weighted by Crippen LogP contribution is -2.37. The lowest BCUT2D eigenvalue weighted by Gasteiger charge is -2.29. The number of thioether (sulfide) groups is 1. The minimum atomic E-state index is 0.125. The van der Waals surface area contributed by atoms with Gasteiger partial charge >= 0.3 is 0 Å². The quantitative estimate of drug-likeness (QED) is 0.614. The minimum Gasteiger partial charge on any atom is -0.493 e. The van der Waals surface area contributed by atoms with Crippen LogP contribution >= 0.6 is 11.8 Å². The molecule has 0 N–H and O–H groups in total. The van der Waals surface area contributed by atoms with Gasteiger partial charge in [-0.15, -0.1) is 0 Å². The van der Waals surface area contributed by atoms with E-state index in [1.165, 1.54) is 17.3 Å². The fourth-order valence-electron chi connectivity index (χ4n) is 3.45. The molecule has 28 heavy (non-hydrogen) atoms. The molecule has 1 aromatic heterocycles. The highest BCUT2D eigenvalue weighted by Gasteiger charge is 2.23. The molecule has 0 unspecified atom stereocenters. The van der Waals surface area contributed by atoms with Gasteiger partial charge in [-0.25, -0.2) is 4.98 Å². The van der Waals surface area contributed by atoms with E-state index in [0.29, 0.717) is 24.6 Å². The molecule has 1 amide bonds. The van der Waals surface area contributed by atoms with Crippen molar-refractivity contribution in [1.29, 1.82) is 0 Å². The molecular weight excluding hydrogens is 372 g/mol. The summed E-state index contributed by atoms with van der Waals surface area (Å²) in [5.41, 5.74) is 3.28. The number of pyridine rings is 1. The van der Waals surface area contributed by atoms with Crippen molar-refractivity contribution in [2.75, 3.05) is 26.5 Å². The van der Waals surface area contributed by atoms with Gasteiger partial charge in [0.1, 0.15) is 0 Å². The number of ether oxygens (including phenoxy) is 2. The van der Waals surface area contributed by atoms with Crippen LogP contribution in [-0.2, 0) is 17.8 Å². The molecule has 2 heterocycles. The molecule has 0 saturated carbocycles. The average Bonchev–Trinajstić information content (AvgIpc) is 2.75. The zero-order valence-electron chi connectivity index (χ0n) is 16.0. The summed E-state index contributed by atoms with van der Waals surface area (Å²) in [6.07, 6.45) is 0.820. The molecule has 1 aliphatic rings. The smallest absolute Gasteiger partial charge is 0.233 e. The van der Waals surface area contributed by atoms with Crippen molar-refractivity contribution in [3.63, 3.8) is 0 Å². The Kier molecular flexibility index (Phi) is 5.39. The molecule has 0 spiro atoms. The fraction of sp³-hybridized carbons (Fsp3) is 0.273. The Hall–Kier alpha value is -2.73. The van der Waals surface area contributed by atoms with E-state index in [0.717, 1.165) is 33.7 Å². The first kappa shape index (κ1) is 18.6. The molecule has 3 aromatic rings. The van der Waals surface area contributed by atoms with Gasteiger partial charge in [0, 0.05) is 18.5 Å². The zero-order valence-corrected chi connectivity index (χ0v) is 16.8. The van der Waals surface area contributed by atoms with Gasteiger partial charge in [-0.1, -0.05) is 36.0 Å².